The Morgan fingerprint density at radius 1 is 0.945 bits per heavy atom. The third-order valence-corrected chi connectivity index (χ3v) is 17.8. The van der Waals surface area contributed by atoms with E-state index in [9.17, 15) is 9.90 Å². The normalized spacial score (nSPS) is 12.3. The Balaban J connectivity index is 1.23. The Kier molecular flexibility index (Phi) is 12.2. The number of fused-ring (bicyclic) bond motifs is 2. The number of aromatic nitrogens is 5. The molecule has 9 nitrogen and oxygen atoms in total. The zero-order chi connectivity index (χ0) is 39.8. The molecule has 6 aromatic rings. The van der Waals surface area contributed by atoms with Crippen molar-refractivity contribution in [2.75, 3.05) is 13.7 Å². The number of carbonyl (C=O) groups excluding carboxylic acids is 1. The fourth-order valence-electron chi connectivity index (χ4n) is 6.95. The highest BCUT2D eigenvalue weighted by Gasteiger charge is 2.37. The molecule has 0 saturated heterocycles. The molecule has 0 unspecified atom stereocenters. The summed E-state index contributed by atoms with van der Waals surface area (Å²) < 4.78 is 17.6. The molecule has 0 aliphatic heterocycles. The van der Waals surface area contributed by atoms with E-state index >= 15 is 0 Å². The summed E-state index contributed by atoms with van der Waals surface area (Å²) in [5.41, 5.74) is 8.28. The van der Waals surface area contributed by atoms with Gasteiger partial charge in [0.15, 0.2) is 8.32 Å². The van der Waals surface area contributed by atoms with Crippen LogP contribution in [-0.4, -0.2) is 57.2 Å². The summed E-state index contributed by atoms with van der Waals surface area (Å²) in [6, 6.07) is 17.9. The van der Waals surface area contributed by atoms with E-state index in [-0.39, 0.29) is 11.0 Å². The molecule has 6 rings (SSSR count). The Bertz CT molecular complexity index is 2380. The molecule has 0 aliphatic rings. The molecule has 0 atom stereocenters. The molecule has 0 amide bonds. The maximum atomic E-state index is 13.4. The van der Waals surface area contributed by atoms with Gasteiger partial charge in [0.2, 0.25) is 0 Å². The van der Waals surface area contributed by atoms with Gasteiger partial charge in [-0.2, -0.15) is 22.0 Å². The number of thioether (sulfide) groups is 2. The minimum absolute atomic E-state index is 0.122. The molecule has 1 N–H and O–H groups in total. The van der Waals surface area contributed by atoms with Crippen molar-refractivity contribution in [3.63, 3.8) is 0 Å². The first-order valence-electron chi connectivity index (χ1n) is 18.5. The number of esters is 1. The summed E-state index contributed by atoms with van der Waals surface area (Å²) in [6.45, 7) is 13.9. The number of phenols is 1. The van der Waals surface area contributed by atoms with E-state index in [1.807, 2.05) is 84.5 Å². The van der Waals surface area contributed by atoms with Gasteiger partial charge >= 0.3 is 5.97 Å². The van der Waals surface area contributed by atoms with Crippen LogP contribution >= 0.6 is 35.1 Å². The lowest BCUT2D eigenvalue weighted by Gasteiger charge is -2.36. The van der Waals surface area contributed by atoms with E-state index in [0.717, 1.165) is 84.0 Å². The van der Waals surface area contributed by atoms with E-state index in [1.54, 1.807) is 23.5 Å². The number of aromatic hydroxyl groups is 1. The minimum Gasteiger partial charge on any atom is -0.507 e. The summed E-state index contributed by atoms with van der Waals surface area (Å²) in [5, 5.41) is 23.8. The van der Waals surface area contributed by atoms with Gasteiger partial charge in [-0.1, -0.05) is 62.7 Å². The quantitative estimate of drug-likeness (QED) is 0.0502. The fourth-order valence-corrected chi connectivity index (χ4v) is 10.3. The first-order valence-corrected chi connectivity index (χ1v) is 23.9. The number of nitrogens with zero attached hydrogens (tertiary/aromatic N) is 5. The van der Waals surface area contributed by atoms with Crippen LogP contribution < -0.4 is 0 Å². The molecule has 3 heterocycles. The molecular formula is C42H52ClN5O4S2Si. The average Bonchev–Trinajstić information content (AvgIpc) is 3.73. The van der Waals surface area contributed by atoms with Crippen LogP contribution in [0.3, 0.4) is 0 Å². The van der Waals surface area contributed by atoms with Crippen LogP contribution in [0.1, 0.15) is 65.9 Å². The molecular weight excluding hydrogens is 766 g/mol. The first kappa shape index (κ1) is 41.0. The third-order valence-electron chi connectivity index (χ3n) is 10.9. The molecule has 0 bridgehead atoms. The number of carbonyl (C=O) groups is 1. The lowest BCUT2D eigenvalue weighted by molar-refractivity contribution is 0.0589. The van der Waals surface area contributed by atoms with Crippen molar-refractivity contribution >= 4 is 71.1 Å². The van der Waals surface area contributed by atoms with Crippen LogP contribution in [0.15, 0.2) is 59.5 Å². The average molecular weight is 819 g/mol. The monoisotopic (exact) mass is 817 g/mol. The Labute approximate surface area is 338 Å². The highest BCUT2D eigenvalue weighted by atomic mass is 35.5. The number of methoxy groups -OCH3 is 1. The second-order valence-electron chi connectivity index (χ2n) is 15.6. The molecule has 55 heavy (non-hydrogen) atoms. The van der Waals surface area contributed by atoms with Crippen molar-refractivity contribution in [1.82, 2.24) is 24.1 Å². The van der Waals surface area contributed by atoms with Crippen molar-refractivity contribution in [3.8, 4) is 17.0 Å². The van der Waals surface area contributed by atoms with Crippen molar-refractivity contribution in [2.45, 2.75) is 80.8 Å². The van der Waals surface area contributed by atoms with E-state index in [1.165, 1.54) is 7.11 Å². The Morgan fingerprint density at radius 2 is 1.69 bits per heavy atom. The van der Waals surface area contributed by atoms with Crippen LogP contribution in [-0.2, 0) is 54.0 Å². The zero-order valence-corrected chi connectivity index (χ0v) is 36.9. The molecule has 0 saturated carbocycles. The first-order chi connectivity index (χ1) is 26.0. The smallest absolute Gasteiger partial charge is 0.354 e. The van der Waals surface area contributed by atoms with Crippen molar-refractivity contribution in [1.29, 1.82) is 0 Å². The molecule has 0 radical (unpaired) electrons. The van der Waals surface area contributed by atoms with E-state index < -0.39 is 8.32 Å². The van der Waals surface area contributed by atoms with E-state index in [2.05, 4.69) is 46.0 Å². The Morgan fingerprint density at radius 3 is 2.42 bits per heavy atom. The predicted octanol–water partition coefficient (Wildman–Crippen LogP) is 10.6. The van der Waals surface area contributed by atoms with Crippen LogP contribution in [0.5, 0.6) is 5.75 Å². The number of ether oxygens (including phenoxy) is 1. The van der Waals surface area contributed by atoms with Gasteiger partial charge in [-0.05, 0) is 73.1 Å². The summed E-state index contributed by atoms with van der Waals surface area (Å²) in [7, 11) is 5.37. The second-order valence-corrected chi connectivity index (χ2v) is 22.9. The number of phenolic OH excluding ortho intramolecular Hbond substituents is 1. The van der Waals surface area contributed by atoms with Gasteiger partial charge in [0.25, 0.3) is 0 Å². The summed E-state index contributed by atoms with van der Waals surface area (Å²) in [4.78, 5) is 14.4. The van der Waals surface area contributed by atoms with Crippen LogP contribution in [0, 0.1) is 6.92 Å². The van der Waals surface area contributed by atoms with Gasteiger partial charge < -0.3 is 18.8 Å². The summed E-state index contributed by atoms with van der Waals surface area (Å²) in [5.74, 6) is 2.07. The highest BCUT2D eigenvalue weighted by Crippen LogP contribution is 2.43. The number of benzene rings is 3. The highest BCUT2D eigenvalue weighted by molar-refractivity contribution is 7.98. The lowest BCUT2D eigenvalue weighted by Crippen LogP contribution is -2.41. The molecule has 0 spiro atoms. The van der Waals surface area contributed by atoms with Crippen molar-refractivity contribution in [3.05, 3.63) is 93.5 Å². The standard InChI is InChI=1S/C42H52ClN5O4S2Si/c1-26-34(25-53-23-28-21-29(47(6)45-28)24-54-30-20-27-14-11-12-15-31(27)36(49)22-30)39(48(7)44-26)37-35(43)18-17-33-32(40(41(50)51-8)46(5)38(33)37)16-13-19-52-55(9,10)42(2,3)4/h11-12,14-15,17-18,20-22,49H,13,16,19,23-25H2,1-10H3. The third kappa shape index (κ3) is 8.39. The van der Waals surface area contributed by atoms with Crippen molar-refractivity contribution < 1.29 is 19.1 Å². The maximum Gasteiger partial charge on any atom is 0.354 e. The van der Waals surface area contributed by atoms with Gasteiger partial charge in [0.05, 0.1) is 34.7 Å². The topological polar surface area (TPSA) is 96.3 Å². The Hall–Kier alpha value is -3.68. The SMILES string of the molecule is COC(=O)c1c(CCCO[Si](C)(C)C(C)(C)C)c2ccc(Cl)c(-c3c(CSCc4cc(CSc5cc(O)c6ccccc6c5)n(C)n4)c(C)nn3C)c2n1C. The second kappa shape index (κ2) is 16.4. The number of halogens is 1. The predicted molar refractivity (Wildman–Crippen MR) is 231 cm³/mol. The van der Waals surface area contributed by atoms with Gasteiger partial charge in [0.1, 0.15) is 11.4 Å². The number of aryl methyl sites for hydroxylation is 5. The minimum atomic E-state index is -1.91. The number of hydrogen-bond donors (Lipinski definition) is 1. The van der Waals surface area contributed by atoms with Gasteiger partial charge in [-0.25, -0.2) is 4.79 Å². The fraction of sp³-hybridized carbons (Fsp3) is 0.405. The molecule has 292 valence electrons. The molecule has 3 aromatic heterocycles. The largest absolute Gasteiger partial charge is 0.507 e. The van der Waals surface area contributed by atoms with Crippen LogP contribution in [0.25, 0.3) is 32.9 Å². The van der Waals surface area contributed by atoms with Gasteiger partial charge in [-0.3, -0.25) is 9.36 Å². The van der Waals surface area contributed by atoms with Gasteiger partial charge in [-0.15, -0.1) is 11.8 Å². The van der Waals surface area contributed by atoms with Gasteiger partial charge in [0, 0.05) is 77.5 Å². The summed E-state index contributed by atoms with van der Waals surface area (Å²) in [6.07, 6.45) is 1.45. The molecule has 0 aliphatic carbocycles. The molecule has 13 heteroatoms. The zero-order valence-electron chi connectivity index (χ0n) is 33.5. The van der Waals surface area contributed by atoms with Crippen LogP contribution in [0.2, 0.25) is 23.2 Å². The maximum absolute atomic E-state index is 13.4. The molecule has 0 fully saturated rings. The van der Waals surface area contributed by atoms with Crippen molar-refractivity contribution in [2.24, 2.45) is 21.1 Å². The summed E-state index contributed by atoms with van der Waals surface area (Å²) >= 11 is 10.6. The number of hydrogen-bond acceptors (Lipinski definition) is 8. The lowest BCUT2D eigenvalue weighted by atomic mass is 10.0. The van der Waals surface area contributed by atoms with E-state index in [0.29, 0.717) is 35.2 Å². The molecule has 3 aromatic carbocycles. The number of rotatable bonds is 14. The van der Waals surface area contributed by atoms with Crippen LogP contribution in [0.4, 0.5) is 0 Å². The van der Waals surface area contributed by atoms with E-state index in [4.69, 9.17) is 31.0 Å².